The van der Waals surface area contributed by atoms with Crippen molar-refractivity contribution in [2.24, 2.45) is 10.8 Å². The lowest BCUT2D eigenvalue weighted by Crippen LogP contribution is -2.38. The van der Waals surface area contributed by atoms with Gasteiger partial charge in [0.05, 0.1) is 12.0 Å². The summed E-state index contributed by atoms with van der Waals surface area (Å²) < 4.78 is 6.22. The molecule has 1 aliphatic carbocycles. The lowest BCUT2D eigenvalue weighted by atomic mass is 9.74. The maximum atomic E-state index is 12.8. The van der Waals surface area contributed by atoms with Crippen LogP contribution in [-0.4, -0.2) is 17.0 Å². The summed E-state index contributed by atoms with van der Waals surface area (Å²) in [6, 6.07) is 10.3. The van der Waals surface area contributed by atoms with Crippen molar-refractivity contribution in [2.75, 3.05) is 11.0 Å². The normalized spacial score (nSPS) is 25.0. The zero-order valence-electron chi connectivity index (χ0n) is 13.9. The second-order valence-corrected chi connectivity index (χ2v) is 7.78. The van der Waals surface area contributed by atoms with Gasteiger partial charge in [-0.2, -0.15) is 0 Å². The van der Waals surface area contributed by atoms with Crippen LogP contribution in [0.2, 0.25) is 0 Å². The standard InChI is InChI=1S/C19H25IO2/c1-5-22-17(21)19(13-20)12-15(18(2,3)4)11-16(19)14-9-7-6-8-10-14/h6-11,16H,5,12-13H2,1-4H3/t16-,19-/m0/s1. The maximum Gasteiger partial charge on any atom is 0.314 e. The van der Waals surface area contributed by atoms with E-state index in [1.807, 2.05) is 25.1 Å². The SMILES string of the molecule is CCOC(=O)[C@]1(CI)CC(C(C)(C)C)=C[C@H]1c1ccccc1. The zero-order valence-corrected chi connectivity index (χ0v) is 16.0. The van der Waals surface area contributed by atoms with Gasteiger partial charge in [-0.3, -0.25) is 4.79 Å². The second kappa shape index (κ2) is 6.73. The van der Waals surface area contributed by atoms with Gasteiger partial charge in [0.25, 0.3) is 0 Å². The average molecular weight is 412 g/mol. The topological polar surface area (TPSA) is 26.3 Å². The second-order valence-electron chi connectivity index (χ2n) is 7.02. The number of alkyl halides is 1. The minimum atomic E-state index is -0.472. The summed E-state index contributed by atoms with van der Waals surface area (Å²) in [6.45, 7) is 8.97. The Hall–Kier alpha value is -0.840. The molecule has 0 bridgehead atoms. The number of esters is 1. The molecule has 0 spiro atoms. The summed E-state index contributed by atoms with van der Waals surface area (Å²) in [5.74, 6) is 0.0348. The molecule has 0 unspecified atom stereocenters. The lowest BCUT2D eigenvalue weighted by Gasteiger charge is -2.33. The number of halogens is 1. The highest BCUT2D eigenvalue weighted by Gasteiger charge is 2.51. The molecule has 0 fully saturated rings. The summed E-state index contributed by atoms with van der Waals surface area (Å²) in [6.07, 6.45) is 3.10. The van der Waals surface area contributed by atoms with Crippen LogP contribution in [0.3, 0.4) is 0 Å². The first-order chi connectivity index (χ1) is 10.3. The highest BCUT2D eigenvalue weighted by molar-refractivity contribution is 14.1. The molecule has 0 saturated carbocycles. The number of hydrogen-bond acceptors (Lipinski definition) is 2. The molecule has 0 N–H and O–H groups in total. The Balaban J connectivity index is 2.50. The van der Waals surface area contributed by atoms with Crippen LogP contribution in [0.15, 0.2) is 42.0 Å². The monoisotopic (exact) mass is 412 g/mol. The fourth-order valence-electron chi connectivity index (χ4n) is 3.12. The van der Waals surface area contributed by atoms with Crippen molar-refractivity contribution in [3.05, 3.63) is 47.5 Å². The van der Waals surface area contributed by atoms with E-state index in [0.29, 0.717) is 6.61 Å². The fourth-order valence-corrected chi connectivity index (χ4v) is 4.17. The van der Waals surface area contributed by atoms with Crippen molar-refractivity contribution < 1.29 is 9.53 Å². The van der Waals surface area contributed by atoms with Crippen molar-refractivity contribution >= 4 is 28.6 Å². The van der Waals surface area contributed by atoms with Crippen molar-refractivity contribution in [3.8, 4) is 0 Å². The highest BCUT2D eigenvalue weighted by Crippen LogP contribution is 2.53. The minimum Gasteiger partial charge on any atom is -0.466 e. The van der Waals surface area contributed by atoms with E-state index < -0.39 is 5.41 Å². The summed E-state index contributed by atoms with van der Waals surface area (Å²) in [4.78, 5) is 12.8. The van der Waals surface area contributed by atoms with Gasteiger partial charge in [0.2, 0.25) is 0 Å². The van der Waals surface area contributed by atoms with Gasteiger partial charge in [-0.15, -0.1) is 0 Å². The third-order valence-electron chi connectivity index (χ3n) is 4.51. The van der Waals surface area contributed by atoms with Gasteiger partial charge in [0.15, 0.2) is 0 Å². The van der Waals surface area contributed by atoms with Crippen molar-refractivity contribution in [2.45, 2.75) is 40.0 Å². The van der Waals surface area contributed by atoms with Gasteiger partial charge in [0, 0.05) is 10.3 Å². The Morgan fingerprint density at radius 3 is 2.45 bits per heavy atom. The Morgan fingerprint density at radius 1 is 1.32 bits per heavy atom. The Bertz CT molecular complexity index is 557. The summed E-state index contributed by atoms with van der Waals surface area (Å²) >= 11 is 2.34. The van der Waals surface area contributed by atoms with Gasteiger partial charge >= 0.3 is 5.97 Å². The van der Waals surface area contributed by atoms with E-state index in [2.05, 4.69) is 61.6 Å². The van der Waals surface area contributed by atoms with E-state index in [4.69, 9.17) is 4.74 Å². The number of carbonyl (C=O) groups excluding carboxylic acids is 1. The van der Waals surface area contributed by atoms with E-state index in [1.165, 1.54) is 11.1 Å². The van der Waals surface area contributed by atoms with Crippen LogP contribution in [0.25, 0.3) is 0 Å². The molecule has 1 aliphatic rings. The van der Waals surface area contributed by atoms with E-state index in [1.54, 1.807) is 0 Å². The van der Waals surface area contributed by atoms with E-state index >= 15 is 0 Å². The van der Waals surface area contributed by atoms with Crippen LogP contribution >= 0.6 is 22.6 Å². The average Bonchev–Trinajstić information content (AvgIpc) is 2.89. The molecular formula is C19H25IO2. The lowest BCUT2D eigenvalue weighted by molar-refractivity contribution is -0.154. The number of carbonyl (C=O) groups is 1. The van der Waals surface area contributed by atoms with Crippen molar-refractivity contribution in [1.82, 2.24) is 0 Å². The van der Waals surface area contributed by atoms with Crippen LogP contribution in [0.5, 0.6) is 0 Å². The molecule has 3 heteroatoms. The first kappa shape index (κ1) is 17.5. The first-order valence-electron chi connectivity index (χ1n) is 7.84. The van der Waals surface area contributed by atoms with Crippen LogP contribution in [0.4, 0.5) is 0 Å². The molecule has 0 amide bonds. The molecule has 0 saturated heterocycles. The number of hydrogen-bond donors (Lipinski definition) is 0. The van der Waals surface area contributed by atoms with Crippen molar-refractivity contribution in [1.29, 1.82) is 0 Å². The smallest absolute Gasteiger partial charge is 0.314 e. The molecule has 22 heavy (non-hydrogen) atoms. The van der Waals surface area contributed by atoms with E-state index in [0.717, 1.165) is 10.8 Å². The summed E-state index contributed by atoms with van der Waals surface area (Å²) in [7, 11) is 0. The largest absolute Gasteiger partial charge is 0.466 e. The minimum absolute atomic E-state index is 0.0613. The number of allylic oxidation sites excluding steroid dienone is 2. The van der Waals surface area contributed by atoms with E-state index in [-0.39, 0.29) is 17.3 Å². The van der Waals surface area contributed by atoms with E-state index in [9.17, 15) is 4.79 Å². The molecular weight excluding hydrogens is 387 g/mol. The van der Waals surface area contributed by atoms with Gasteiger partial charge in [-0.05, 0) is 24.3 Å². The molecule has 1 aromatic carbocycles. The number of rotatable bonds is 4. The molecule has 0 aliphatic heterocycles. The Kier molecular flexibility index (Phi) is 5.36. The summed E-state index contributed by atoms with van der Waals surface area (Å²) in [5.41, 5.74) is 2.16. The Morgan fingerprint density at radius 2 is 1.95 bits per heavy atom. The molecule has 2 rings (SSSR count). The molecule has 0 aromatic heterocycles. The number of ether oxygens (including phenoxy) is 1. The van der Waals surface area contributed by atoms with Crippen LogP contribution in [0, 0.1) is 10.8 Å². The maximum absolute atomic E-state index is 12.8. The summed E-state index contributed by atoms with van der Waals surface area (Å²) in [5, 5.41) is 0. The van der Waals surface area contributed by atoms with Gasteiger partial charge in [0.1, 0.15) is 0 Å². The van der Waals surface area contributed by atoms with Gasteiger partial charge < -0.3 is 4.74 Å². The zero-order chi connectivity index (χ0) is 16.4. The Labute approximate surface area is 147 Å². The van der Waals surface area contributed by atoms with Gasteiger partial charge in [-0.1, -0.05) is 85.3 Å². The predicted molar refractivity (Wildman–Crippen MR) is 99.3 cm³/mol. The first-order valence-corrected chi connectivity index (χ1v) is 9.37. The van der Waals surface area contributed by atoms with Crippen LogP contribution in [0.1, 0.15) is 45.6 Å². The third kappa shape index (κ3) is 3.24. The molecule has 120 valence electrons. The quantitative estimate of drug-likeness (QED) is 0.297. The molecule has 0 heterocycles. The van der Waals surface area contributed by atoms with Crippen molar-refractivity contribution in [3.63, 3.8) is 0 Å². The molecule has 2 nitrogen and oxygen atoms in total. The molecule has 2 atom stereocenters. The highest BCUT2D eigenvalue weighted by atomic mass is 127. The van der Waals surface area contributed by atoms with Crippen LogP contribution < -0.4 is 0 Å². The third-order valence-corrected chi connectivity index (χ3v) is 5.87. The van der Waals surface area contributed by atoms with Crippen LogP contribution in [-0.2, 0) is 9.53 Å². The van der Waals surface area contributed by atoms with Gasteiger partial charge in [-0.25, -0.2) is 0 Å². The predicted octanol–water partition coefficient (Wildman–Crippen LogP) is 5.13. The molecule has 1 aromatic rings. The number of benzene rings is 1. The fraction of sp³-hybridized carbons (Fsp3) is 0.526. The molecule has 0 radical (unpaired) electrons.